The molecule has 0 saturated heterocycles. The molecule has 0 unspecified atom stereocenters. The van der Waals surface area contributed by atoms with Crippen molar-refractivity contribution in [2.45, 2.75) is 0 Å². The summed E-state index contributed by atoms with van der Waals surface area (Å²) in [6.07, 6.45) is 3.05. The van der Waals surface area contributed by atoms with E-state index in [1.807, 2.05) is 6.07 Å². The minimum Gasteiger partial charge on any atom is -0.497 e. The van der Waals surface area contributed by atoms with Crippen LogP contribution in [0.3, 0.4) is 0 Å². The number of nitrogens with one attached hydrogen (secondary N) is 1. The SMILES string of the molecule is COc1ccc(NC(=O)c2cnn(-c3ccccn3)c2N)cc1. The van der Waals surface area contributed by atoms with Gasteiger partial charge in [0, 0.05) is 11.9 Å². The molecule has 23 heavy (non-hydrogen) atoms. The Labute approximate surface area is 132 Å². The number of anilines is 2. The van der Waals surface area contributed by atoms with Gasteiger partial charge in [0.25, 0.3) is 5.91 Å². The summed E-state index contributed by atoms with van der Waals surface area (Å²) in [4.78, 5) is 16.5. The molecule has 0 saturated carbocycles. The molecule has 0 fully saturated rings. The van der Waals surface area contributed by atoms with Crippen LogP contribution in [0.1, 0.15) is 10.4 Å². The number of carbonyl (C=O) groups is 1. The van der Waals surface area contributed by atoms with Gasteiger partial charge in [-0.3, -0.25) is 4.79 Å². The fourth-order valence-corrected chi connectivity index (χ4v) is 2.07. The second-order valence-electron chi connectivity index (χ2n) is 4.73. The summed E-state index contributed by atoms with van der Waals surface area (Å²) in [5.74, 6) is 1.16. The number of pyridine rings is 1. The Morgan fingerprint density at radius 2 is 2.00 bits per heavy atom. The average molecular weight is 309 g/mol. The second-order valence-corrected chi connectivity index (χ2v) is 4.73. The van der Waals surface area contributed by atoms with Gasteiger partial charge in [-0.25, -0.2) is 4.98 Å². The fourth-order valence-electron chi connectivity index (χ4n) is 2.07. The molecule has 7 heteroatoms. The predicted octanol–water partition coefficient (Wildman–Crippen LogP) is 2.11. The Morgan fingerprint density at radius 1 is 1.22 bits per heavy atom. The Morgan fingerprint density at radius 3 is 2.65 bits per heavy atom. The molecule has 0 spiro atoms. The van der Waals surface area contributed by atoms with Gasteiger partial charge in [0.1, 0.15) is 17.1 Å². The summed E-state index contributed by atoms with van der Waals surface area (Å²) >= 11 is 0. The molecular formula is C16H15N5O2. The van der Waals surface area contributed by atoms with E-state index >= 15 is 0 Å². The molecule has 1 aromatic carbocycles. The van der Waals surface area contributed by atoms with Gasteiger partial charge in [-0.2, -0.15) is 9.78 Å². The zero-order valence-electron chi connectivity index (χ0n) is 12.4. The fraction of sp³-hybridized carbons (Fsp3) is 0.0625. The number of rotatable bonds is 4. The second kappa shape index (κ2) is 6.18. The number of benzene rings is 1. The van der Waals surface area contributed by atoms with E-state index in [0.29, 0.717) is 17.3 Å². The minimum absolute atomic E-state index is 0.231. The molecule has 3 aromatic rings. The predicted molar refractivity (Wildman–Crippen MR) is 86.7 cm³/mol. The first-order chi connectivity index (χ1) is 11.2. The Balaban J connectivity index is 1.81. The van der Waals surface area contributed by atoms with E-state index in [1.54, 1.807) is 49.7 Å². The van der Waals surface area contributed by atoms with Crippen molar-refractivity contribution in [1.82, 2.24) is 14.8 Å². The van der Waals surface area contributed by atoms with Crippen molar-refractivity contribution in [3.63, 3.8) is 0 Å². The van der Waals surface area contributed by atoms with Gasteiger partial charge in [0.05, 0.1) is 13.3 Å². The first-order valence-electron chi connectivity index (χ1n) is 6.89. The number of hydrogen-bond donors (Lipinski definition) is 2. The molecule has 2 aromatic heterocycles. The molecular weight excluding hydrogens is 294 g/mol. The van der Waals surface area contributed by atoms with Crippen molar-refractivity contribution < 1.29 is 9.53 Å². The molecule has 0 atom stereocenters. The number of carbonyl (C=O) groups excluding carboxylic acids is 1. The van der Waals surface area contributed by atoms with Crippen LogP contribution in [0, 0.1) is 0 Å². The summed E-state index contributed by atoms with van der Waals surface area (Å²) in [6, 6.07) is 12.4. The van der Waals surface area contributed by atoms with Crippen LogP contribution >= 0.6 is 0 Å². The Kier molecular flexibility index (Phi) is 3.92. The third-order valence-corrected chi connectivity index (χ3v) is 3.27. The van der Waals surface area contributed by atoms with E-state index in [1.165, 1.54) is 10.9 Å². The van der Waals surface area contributed by atoms with Crippen LogP contribution in [0.4, 0.5) is 11.5 Å². The Bertz CT molecular complexity index is 812. The molecule has 116 valence electrons. The summed E-state index contributed by atoms with van der Waals surface area (Å²) < 4.78 is 6.50. The van der Waals surface area contributed by atoms with Gasteiger partial charge >= 0.3 is 0 Å². The van der Waals surface area contributed by atoms with Crippen molar-refractivity contribution in [2.75, 3.05) is 18.2 Å². The number of nitrogens with two attached hydrogens (primary N) is 1. The topological polar surface area (TPSA) is 95.1 Å². The highest BCUT2D eigenvalue weighted by Crippen LogP contribution is 2.19. The van der Waals surface area contributed by atoms with Crippen LogP contribution in [-0.4, -0.2) is 27.8 Å². The van der Waals surface area contributed by atoms with Crippen LogP contribution in [0.15, 0.2) is 54.9 Å². The maximum absolute atomic E-state index is 12.3. The number of nitrogen functional groups attached to an aromatic ring is 1. The highest BCUT2D eigenvalue weighted by atomic mass is 16.5. The van der Waals surface area contributed by atoms with E-state index < -0.39 is 0 Å². The van der Waals surface area contributed by atoms with E-state index in [2.05, 4.69) is 15.4 Å². The molecule has 0 bridgehead atoms. The lowest BCUT2D eigenvalue weighted by Gasteiger charge is -2.06. The summed E-state index contributed by atoms with van der Waals surface area (Å²) in [5, 5.41) is 6.89. The summed E-state index contributed by atoms with van der Waals surface area (Å²) in [7, 11) is 1.58. The Hall–Kier alpha value is -3.35. The van der Waals surface area contributed by atoms with Crippen LogP contribution in [-0.2, 0) is 0 Å². The van der Waals surface area contributed by atoms with Crippen molar-refractivity contribution in [1.29, 1.82) is 0 Å². The van der Waals surface area contributed by atoms with Crippen molar-refractivity contribution in [3.8, 4) is 11.6 Å². The van der Waals surface area contributed by atoms with Gasteiger partial charge in [-0.15, -0.1) is 0 Å². The number of amides is 1. The monoisotopic (exact) mass is 309 g/mol. The van der Waals surface area contributed by atoms with Crippen LogP contribution in [0.2, 0.25) is 0 Å². The normalized spacial score (nSPS) is 10.3. The average Bonchev–Trinajstić information content (AvgIpc) is 2.98. The molecule has 0 radical (unpaired) electrons. The molecule has 7 nitrogen and oxygen atoms in total. The maximum Gasteiger partial charge on any atom is 0.261 e. The van der Waals surface area contributed by atoms with E-state index in [0.717, 1.165) is 0 Å². The van der Waals surface area contributed by atoms with Gasteiger partial charge in [-0.1, -0.05) is 6.07 Å². The first kappa shape index (κ1) is 14.6. The molecule has 3 N–H and O–H groups in total. The number of methoxy groups -OCH3 is 1. The molecule has 0 aliphatic rings. The van der Waals surface area contributed by atoms with Crippen molar-refractivity contribution in [2.24, 2.45) is 0 Å². The summed E-state index contributed by atoms with van der Waals surface area (Å²) in [6.45, 7) is 0. The maximum atomic E-state index is 12.3. The van der Waals surface area contributed by atoms with Gasteiger partial charge < -0.3 is 15.8 Å². The molecule has 0 aliphatic carbocycles. The minimum atomic E-state index is -0.338. The number of hydrogen-bond acceptors (Lipinski definition) is 5. The van der Waals surface area contributed by atoms with Crippen LogP contribution in [0.25, 0.3) is 5.82 Å². The molecule has 0 aliphatic heterocycles. The highest BCUT2D eigenvalue weighted by Gasteiger charge is 2.16. The molecule has 1 amide bonds. The van der Waals surface area contributed by atoms with Crippen LogP contribution in [0.5, 0.6) is 5.75 Å². The third kappa shape index (κ3) is 2.98. The van der Waals surface area contributed by atoms with Gasteiger partial charge in [-0.05, 0) is 36.4 Å². The highest BCUT2D eigenvalue weighted by molar-refractivity contribution is 6.07. The largest absolute Gasteiger partial charge is 0.497 e. The zero-order valence-corrected chi connectivity index (χ0v) is 12.4. The first-order valence-corrected chi connectivity index (χ1v) is 6.89. The quantitative estimate of drug-likeness (QED) is 0.769. The number of nitrogens with zero attached hydrogens (tertiary/aromatic N) is 3. The third-order valence-electron chi connectivity index (χ3n) is 3.27. The van der Waals surface area contributed by atoms with Gasteiger partial charge in [0.2, 0.25) is 0 Å². The summed E-state index contributed by atoms with van der Waals surface area (Å²) in [5.41, 5.74) is 6.94. The zero-order chi connectivity index (χ0) is 16.2. The van der Waals surface area contributed by atoms with E-state index in [4.69, 9.17) is 10.5 Å². The lowest BCUT2D eigenvalue weighted by Crippen LogP contribution is -2.14. The standard InChI is InChI=1S/C16H15N5O2/c1-23-12-7-5-11(6-8-12)20-16(22)13-10-19-21(15(13)17)14-4-2-3-9-18-14/h2-10H,17H2,1H3,(H,20,22). The lowest BCUT2D eigenvalue weighted by molar-refractivity contribution is 0.102. The molecule has 3 rings (SSSR count). The molecule has 2 heterocycles. The smallest absolute Gasteiger partial charge is 0.261 e. The van der Waals surface area contributed by atoms with Crippen molar-refractivity contribution >= 4 is 17.4 Å². The number of ether oxygens (including phenoxy) is 1. The van der Waals surface area contributed by atoms with Crippen molar-refractivity contribution in [3.05, 3.63) is 60.4 Å². The lowest BCUT2D eigenvalue weighted by atomic mass is 10.2. The van der Waals surface area contributed by atoms with Crippen LogP contribution < -0.4 is 15.8 Å². The number of aromatic nitrogens is 3. The van der Waals surface area contributed by atoms with Gasteiger partial charge in [0.15, 0.2) is 5.82 Å². The van der Waals surface area contributed by atoms with E-state index in [9.17, 15) is 4.79 Å². The van der Waals surface area contributed by atoms with E-state index in [-0.39, 0.29) is 17.3 Å².